The average Bonchev–Trinajstić information content (AvgIpc) is 3.10. The van der Waals surface area contributed by atoms with Crippen molar-refractivity contribution in [1.82, 2.24) is 15.4 Å². The lowest BCUT2D eigenvalue weighted by molar-refractivity contribution is -0.122. The summed E-state index contributed by atoms with van der Waals surface area (Å²) in [4.78, 5) is 20.5. The van der Waals surface area contributed by atoms with Crippen molar-refractivity contribution in [3.05, 3.63) is 42.0 Å². The second kappa shape index (κ2) is 6.87. The quantitative estimate of drug-likeness (QED) is 0.709. The van der Waals surface area contributed by atoms with Gasteiger partial charge >= 0.3 is 0 Å². The molecule has 1 amide bonds. The molecule has 0 bridgehead atoms. The molecule has 7 nitrogen and oxygen atoms in total. The van der Waals surface area contributed by atoms with Gasteiger partial charge in [-0.1, -0.05) is 6.07 Å². The van der Waals surface area contributed by atoms with Gasteiger partial charge < -0.3 is 9.72 Å². The molecular formula is C20H20N4O3S. The molecule has 28 heavy (non-hydrogen) atoms. The van der Waals surface area contributed by atoms with Crippen LogP contribution < -0.4 is 10.2 Å². The van der Waals surface area contributed by atoms with Crippen molar-refractivity contribution in [3.63, 3.8) is 0 Å². The van der Waals surface area contributed by atoms with Gasteiger partial charge in [-0.05, 0) is 42.8 Å². The summed E-state index contributed by atoms with van der Waals surface area (Å²) < 4.78 is 17.2. The van der Waals surface area contributed by atoms with Crippen LogP contribution in [0.15, 0.2) is 46.4 Å². The van der Waals surface area contributed by atoms with Gasteiger partial charge in [-0.2, -0.15) is 5.10 Å². The number of H-pyrrole nitrogens is 1. The van der Waals surface area contributed by atoms with Crippen LogP contribution in [-0.2, 0) is 21.0 Å². The maximum absolute atomic E-state index is 11.8. The first kappa shape index (κ1) is 18.4. The van der Waals surface area contributed by atoms with E-state index in [1.54, 1.807) is 25.6 Å². The molecule has 0 spiro atoms. The molecule has 0 aliphatic carbocycles. The number of benzene rings is 2. The molecule has 0 saturated carbocycles. The minimum atomic E-state index is -1.09. The van der Waals surface area contributed by atoms with Crippen LogP contribution in [0.1, 0.15) is 18.9 Å². The SMILES string of the molecule is COc1cc(S(C)=O)ccc1-c1nc2ccc(C3(C)C=NNC(=O)C3)cc2[nH]1. The molecule has 0 fully saturated rings. The lowest BCUT2D eigenvalue weighted by atomic mass is 9.79. The Balaban J connectivity index is 1.77. The monoisotopic (exact) mass is 396 g/mol. The smallest absolute Gasteiger partial charge is 0.241 e. The van der Waals surface area contributed by atoms with Gasteiger partial charge in [-0.15, -0.1) is 0 Å². The van der Waals surface area contributed by atoms with E-state index in [0.29, 0.717) is 22.9 Å². The number of aromatic amines is 1. The number of imidazole rings is 1. The zero-order chi connectivity index (χ0) is 19.9. The number of fused-ring (bicyclic) bond motifs is 1. The normalized spacial score (nSPS) is 20.2. The van der Waals surface area contributed by atoms with E-state index in [0.717, 1.165) is 22.2 Å². The summed E-state index contributed by atoms with van der Waals surface area (Å²) in [5.41, 5.74) is 5.45. The standard InChI is InChI=1S/C20H20N4O3S/c1-20(10-18(25)24-21-11-20)12-4-7-15-16(8-12)23-19(22-15)14-6-5-13(28(3)26)9-17(14)27-2/h4-9,11H,10H2,1-3H3,(H,22,23)(H,24,25). The molecule has 0 saturated heterocycles. The molecule has 2 atom stereocenters. The van der Waals surface area contributed by atoms with Crippen LogP contribution in [0.4, 0.5) is 0 Å². The van der Waals surface area contributed by atoms with Gasteiger partial charge in [0.1, 0.15) is 11.6 Å². The fourth-order valence-electron chi connectivity index (χ4n) is 3.38. The van der Waals surface area contributed by atoms with E-state index in [-0.39, 0.29) is 5.91 Å². The Hall–Kier alpha value is -3.00. The summed E-state index contributed by atoms with van der Waals surface area (Å²) in [5.74, 6) is 1.17. The summed E-state index contributed by atoms with van der Waals surface area (Å²) >= 11 is 0. The van der Waals surface area contributed by atoms with E-state index < -0.39 is 16.2 Å². The van der Waals surface area contributed by atoms with E-state index >= 15 is 0 Å². The first-order valence-electron chi connectivity index (χ1n) is 8.75. The zero-order valence-electron chi connectivity index (χ0n) is 15.8. The number of carbonyl (C=O) groups excluding carboxylic acids is 1. The van der Waals surface area contributed by atoms with Crippen LogP contribution in [0.25, 0.3) is 22.4 Å². The molecule has 2 heterocycles. The number of hydrogen-bond acceptors (Lipinski definition) is 5. The Labute approximate surface area is 164 Å². The lowest BCUT2D eigenvalue weighted by Crippen LogP contribution is -2.37. The highest BCUT2D eigenvalue weighted by Gasteiger charge is 2.31. The molecule has 3 aromatic rings. The highest BCUT2D eigenvalue weighted by molar-refractivity contribution is 7.84. The van der Waals surface area contributed by atoms with Crippen molar-refractivity contribution in [2.75, 3.05) is 13.4 Å². The van der Waals surface area contributed by atoms with Gasteiger partial charge in [0.25, 0.3) is 0 Å². The van der Waals surface area contributed by atoms with Gasteiger partial charge in [0.2, 0.25) is 5.91 Å². The van der Waals surface area contributed by atoms with E-state index in [1.165, 1.54) is 0 Å². The Morgan fingerprint density at radius 2 is 2.04 bits per heavy atom. The van der Waals surface area contributed by atoms with E-state index in [2.05, 4.69) is 20.5 Å². The van der Waals surface area contributed by atoms with Crippen molar-refractivity contribution in [2.24, 2.45) is 5.10 Å². The first-order valence-corrected chi connectivity index (χ1v) is 10.3. The van der Waals surface area contributed by atoms with Crippen molar-refractivity contribution in [1.29, 1.82) is 0 Å². The number of nitrogens with zero attached hydrogens (tertiary/aromatic N) is 2. The summed E-state index contributed by atoms with van der Waals surface area (Å²) in [6.45, 7) is 1.99. The number of hydrazone groups is 1. The number of rotatable bonds is 4. The Morgan fingerprint density at radius 1 is 1.21 bits per heavy atom. The molecule has 1 aliphatic heterocycles. The Kier molecular flexibility index (Phi) is 4.50. The Morgan fingerprint density at radius 3 is 2.75 bits per heavy atom. The van der Waals surface area contributed by atoms with Gasteiger partial charge in [-0.25, -0.2) is 10.4 Å². The fourth-order valence-corrected chi connectivity index (χ4v) is 3.91. The number of aromatic nitrogens is 2. The highest BCUT2D eigenvalue weighted by Crippen LogP contribution is 2.33. The molecule has 2 unspecified atom stereocenters. The minimum Gasteiger partial charge on any atom is -0.496 e. The third-order valence-corrected chi connectivity index (χ3v) is 5.89. The molecule has 144 valence electrons. The summed E-state index contributed by atoms with van der Waals surface area (Å²) in [7, 11) is 0.490. The van der Waals surface area contributed by atoms with Crippen molar-refractivity contribution in [2.45, 2.75) is 23.7 Å². The summed E-state index contributed by atoms with van der Waals surface area (Å²) in [5, 5.41) is 3.97. The van der Waals surface area contributed by atoms with Crippen LogP contribution >= 0.6 is 0 Å². The zero-order valence-corrected chi connectivity index (χ0v) is 16.6. The second-order valence-corrected chi connectivity index (χ2v) is 8.40. The van der Waals surface area contributed by atoms with Crippen LogP contribution in [0.2, 0.25) is 0 Å². The molecule has 4 rings (SSSR count). The van der Waals surface area contributed by atoms with E-state index in [4.69, 9.17) is 4.74 Å². The molecule has 0 radical (unpaired) electrons. The average molecular weight is 396 g/mol. The summed E-state index contributed by atoms with van der Waals surface area (Å²) in [6.07, 6.45) is 3.73. The van der Waals surface area contributed by atoms with E-state index in [9.17, 15) is 9.00 Å². The Bertz CT molecular complexity index is 1140. The van der Waals surface area contributed by atoms with Gasteiger partial charge in [-0.3, -0.25) is 9.00 Å². The predicted octanol–water partition coefficient (Wildman–Crippen LogP) is 2.74. The van der Waals surface area contributed by atoms with Gasteiger partial charge in [0.15, 0.2) is 0 Å². The molecule has 2 aromatic carbocycles. The largest absolute Gasteiger partial charge is 0.496 e. The highest BCUT2D eigenvalue weighted by atomic mass is 32.2. The topological polar surface area (TPSA) is 96.4 Å². The minimum absolute atomic E-state index is 0.103. The molecule has 1 aliphatic rings. The number of nitrogens with one attached hydrogen (secondary N) is 2. The van der Waals surface area contributed by atoms with Gasteiger partial charge in [0, 0.05) is 40.0 Å². The lowest BCUT2D eigenvalue weighted by Gasteiger charge is -2.27. The van der Waals surface area contributed by atoms with Crippen LogP contribution in [-0.4, -0.2) is 39.7 Å². The maximum Gasteiger partial charge on any atom is 0.241 e. The summed E-state index contributed by atoms with van der Waals surface area (Å²) in [6, 6.07) is 11.3. The maximum atomic E-state index is 11.8. The van der Waals surface area contributed by atoms with Crippen LogP contribution in [0.5, 0.6) is 5.75 Å². The van der Waals surface area contributed by atoms with Crippen molar-refractivity contribution >= 4 is 34.0 Å². The van der Waals surface area contributed by atoms with E-state index in [1.807, 2.05) is 37.3 Å². The van der Waals surface area contributed by atoms with Crippen molar-refractivity contribution in [3.8, 4) is 17.1 Å². The van der Waals surface area contributed by atoms with Crippen LogP contribution in [0.3, 0.4) is 0 Å². The predicted molar refractivity (Wildman–Crippen MR) is 109 cm³/mol. The molecule has 2 N–H and O–H groups in total. The van der Waals surface area contributed by atoms with Gasteiger partial charge in [0.05, 0.1) is 23.7 Å². The van der Waals surface area contributed by atoms with Crippen molar-refractivity contribution < 1.29 is 13.7 Å². The number of ether oxygens (including phenoxy) is 1. The molecule has 8 heteroatoms. The number of hydrogen-bond donors (Lipinski definition) is 2. The molecular weight excluding hydrogens is 376 g/mol. The number of amides is 1. The number of carbonyl (C=O) groups is 1. The third-order valence-electron chi connectivity index (χ3n) is 4.97. The second-order valence-electron chi connectivity index (χ2n) is 7.02. The molecule has 1 aromatic heterocycles. The fraction of sp³-hybridized carbons (Fsp3) is 0.250. The third kappa shape index (κ3) is 3.20. The first-order chi connectivity index (χ1) is 13.4. The number of methoxy groups -OCH3 is 1. The van der Waals surface area contributed by atoms with Crippen LogP contribution in [0, 0.1) is 0 Å².